The molecule has 1 aliphatic rings. The lowest BCUT2D eigenvalue weighted by Crippen LogP contribution is -2.38. The standard InChI is InChI=1S/C18H28N2O2/c1-4-20(5-2)18(21)22-17-12-7-6-10-15(17)14-16-11-8-9-13-19(16)3/h6-7,10,12,16H,4-5,8-9,11,13-14H2,1-3H3. The van der Waals surface area contributed by atoms with Crippen molar-refractivity contribution in [2.75, 3.05) is 26.7 Å². The highest BCUT2D eigenvalue weighted by Gasteiger charge is 2.21. The van der Waals surface area contributed by atoms with Gasteiger partial charge in [-0.3, -0.25) is 0 Å². The fourth-order valence-electron chi connectivity index (χ4n) is 3.07. The van der Waals surface area contributed by atoms with Gasteiger partial charge in [0.2, 0.25) is 0 Å². The van der Waals surface area contributed by atoms with Gasteiger partial charge >= 0.3 is 6.09 Å². The number of benzene rings is 1. The number of ether oxygens (including phenoxy) is 1. The molecule has 1 atom stereocenters. The van der Waals surface area contributed by atoms with Crippen LogP contribution in [0.3, 0.4) is 0 Å². The van der Waals surface area contributed by atoms with Crippen molar-refractivity contribution < 1.29 is 9.53 Å². The van der Waals surface area contributed by atoms with Gasteiger partial charge in [-0.2, -0.15) is 0 Å². The second-order valence-electron chi connectivity index (χ2n) is 5.98. The summed E-state index contributed by atoms with van der Waals surface area (Å²) in [6, 6.07) is 8.47. The number of rotatable bonds is 5. The van der Waals surface area contributed by atoms with E-state index < -0.39 is 0 Å². The molecule has 0 bridgehead atoms. The Kier molecular flexibility index (Phi) is 6.25. The molecule has 0 saturated carbocycles. The van der Waals surface area contributed by atoms with Crippen molar-refractivity contribution in [3.05, 3.63) is 29.8 Å². The summed E-state index contributed by atoms with van der Waals surface area (Å²) in [5.41, 5.74) is 1.13. The number of carbonyl (C=O) groups is 1. The number of amides is 1. The monoisotopic (exact) mass is 304 g/mol. The first-order valence-electron chi connectivity index (χ1n) is 8.40. The molecule has 4 heteroatoms. The molecule has 1 aromatic carbocycles. The van der Waals surface area contributed by atoms with E-state index >= 15 is 0 Å². The molecule has 1 unspecified atom stereocenters. The maximum Gasteiger partial charge on any atom is 0.415 e. The first-order valence-corrected chi connectivity index (χ1v) is 8.40. The second kappa shape index (κ2) is 8.18. The molecule has 122 valence electrons. The third kappa shape index (κ3) is 4.23. The van der Waals surface area contributed by atoms with E-state index in [2.05, 4.69) is 18.0 Å². The van der Waals surface area contributed by atoms with Gasteiger partial charge in [0.25, 0.3) is 0 Å². The van der Waals surface area contributed by atoms with Gasteiger partial charge < -0.3 is 14.5 Å². The molecule has 1 fully saturated rings. The Balaban J connectivity index is 2.07. The Morgan fingerprint density at radius 1 is 1.27 bits per heavy atom. The first kappa shape index (κ1) is 16.8. The van der Waals surface area contributed by atoms with Crippen LogP contribution in [0.4, 0.5) is 4.79 Å². The van der Waals surface area contributed by atoms with Crippen molar-refractivity contribution >= 4 is 6.09 Å². The first-order chi connectivity index (χ1) is 10.7. The van der Waals surface area contributed by atoms with Gasteiger partial charge in [0.05, 0.1) is 0 Å². The van der Waals surface area contributed by atoms with E-state index in [0.717, 1.165) is 18.5 Å². The van der Waals surface area contributed by atoms with Crippen molar-refractivity contribution in [2.24, 2.45) is 0 Å². The maximum absolute atomic E-state index is 12.2. The van der Waals surface area contributed by atoms with Gasteiger partial charge in [-0.25, -0.2) is 4.79 Å². The molecule has 4 nitrogen and oxygen atoms in total. The van der Waals surface area contributed by atoms with Crippen molar-refractivity contribution in [2.45, 2.75) is 45.6 Å². The van der Waals surface area contributed by atoms with Crippen LogP contribution >= 0.6 is 0 Å². The summed E-state index contributed by atoms with van der Waals surface area (Å²) < 4.78 is 5.63. The fraction of sp³-hybridized carbons (Fsp3) is 0.611. The SMILES string of the molecule is CCN(CC)C(=O)Oc1ccccc1CC1CCCCN1C. The molecule has 0 aromatic heterocycles. The molecule has 2 rings (SSSR count). The maximum atomic E-state index is 12.2. The van der Waals surface area contributed by atoms with Crippen molar-refractivity contribution in [3.63, 3.8) is 0 Å². The van der Waals surface area contributed by atoms with E-state index in [1.54, 1.807) is 4.90 Å². The molecule has 0 spiro atoms. The van der Waals surface area contributed by atoms with Gasteiger partial charge in [0.1, 0.15) is 5.75 Å². The highest BCUT2D eigenvalue weighted by Crippen LogP contribution is 2.25. The van der Waals surface area contributed by atoms with Crippen molar-refractivity contribution in [1.82, 2.24) is 9.80 Å². The predicted molar refractivity (Wildman–Crippen MR) is 89.4 cm³/mol. The van der Waals surface area contributed by atoms with E-state index in [4.69, 9.17) is 4.74 Å². The number of hydrogen-bond donors (Lipinski definition) is 0. The average molecular weight is 304 g/mol. The average Bonchev–Trinajstić information content (AvgIpc) is 2.52. The summed E-state index contributed by atoms with van der Waals surface area (Å²) in [6.45, 7) is 6.43. The largest absolute Gasteiger partial charge is 0.415 e. The van der Waals surface area contributed by atoms with Gasteiger partial charge in [-0.1, -0.05) is 24.6 Å². The molecule has 22 heavy (non-hydrogen) atoms. The number of likely N-dealkylation sites (tertiary alicyclic amines) is 1. The third-order valence-corrected chi connectivity index (χ3v) is 4.57. The van der Waals surface area contributed by atoms with Gasteiger partial charge in [-0.05, 0) is 58.3 Å². The van der Waals surface area contributed by atoms with Crippen molar-refractivity contribution in [1.29, 1.82) is 0 Å². The van der Waals surface area contributed by atoms with E-state index in [0.29, 0.717) is 24.9 Å². The zero-order valence-electron chi connectivity index (χ0n) is 14.0. The summed E-state index contributed by atoms with van der Waals surface area (Å²) in [5, 5.41) is 0. The van der Waals surface area contributed by atoms with Crippen LogP contribution < -0.4 is 4.74 Å². The zero-order valence-corrected chi connectivity index (χ0v) is 14.0. The summed E-state index contributed by atoms with van der Waals surface area (Å²) in [4.78, 5) is 16.3. The summed E-state index contributed by atoms with van der Waals surface area (Å²) in [5.74, 6) is 0.707. The van der Waals surface area contributed by atoms with E-state index in [1.165, 1.54) is 19.3 Å². The highest BCUT2D eigenvalue weighted by molar-refractivity contribution is 5.71. The van der Waals surface area contributed by atoms with E-state index in [1.807, 2.05) is 32.0 Å². The molecule has 1 aliphatic heterocycles. The van der Waals surface area contributed by atoms with E-state index in [-0.39, 0.29) is 6.09 Å². The quantitative estimate of drug-likeness (QED) is 0.834. The lowest BCUT2D eigenvalue weighted by atomic mass is 9.96. The lowest BCUT2D eigenvalue weighted by molar-refractivity contribution is 0.155. The summed E-state index contributed by atoms with van der Waals surface area (Å²) >= 11 is 0. The minimum absolute atomic E-state index is 0.255. The van der Waals surface area contributed by atoms with Crippen LogP contribution in [0, 0.1) is 0 Å². The van der Waals surface area contributed by atoms with Crippen molar-refractivity contribution in [3.8, 4) is 5.75 Å². The predicted octanol–water partition coefficient (Wildman–Crippen LogP) is 3.55. The number of piperidine rings is 1. The Labute approximate surface area is 134 Å². The van der Waals surface area contributed by atoms with Crippen LogP contribution in [0.25, 0.3) is 0 Å². The Morgan fingerprint density at radius 3 is 2.68 bits per heavy atom. The van der Waals surface area contributed by atoms with Crippen LogP contribution in [0.5, 0.6) is 5.75 Å². The molecule has 1 amide bonds. The molecule has 0 aliphatic carbocycles. The van der Waals surface area contributed by atoms with E-state index in [9.17, 15) is 4.79 Å². The van der Waals surface area contributed by atoms with Gasteiger partial charge in [0, 0.05) is 19.1 Å². The minimum Gasteiger partial charge on any atom is -0.410 e. The van der Waals surface area contributed by atoms with Crippen LogP contribution in [-0.2, 0) is 6.42 Å². The van der Waals surface area contributed by atoms with Crippen LogP contribution in [0.15, 0.2) is 24.3 Å². The number of nitrogens with zero attached hydrogens (tertiary/aromatic N) is 2. The summed E-state index contributed by atoms with van der Waals surface area (Å²) in [7, 11) is 2.19. The minimum atomic E-state index is -0.255. The molecule has 1 heterocycles. The zero-order chi connectivity index (χ0) is 15.9. The number of para-hydroxylation sites is 1. The number of carbonyl (C=O) groups excluding carboxylic acids is 1. The van der Waals surface area contributed by atoms with Crippen LogP contribution in [0.1, 0.15) is 38.7 Å². The Hall–Kier alpha value is -1.55. The lowest BCUT2D eigenvalue weighted by Gasteiger charge is -2.32. The topological polar surface area (TPSA) is 32.8 Å². The number of likely N-dealkylation sites (N-methyl/N-ethyl adjacent to an activating group) is 1. The Bertz CT molecular complexity index is 486. The van der Waals surface area contributed by atoms with Gasteiger partial charge in [0.15, 0.2) is 0 Å². The summed E-state index contributed by atoms with van der Waals surface area (Å²) in [6.07, 6.45) is 4.48. The normalized spacial score (nSPS) is 19.0. The number of hydrogen-bond acceptors (Lipinski definition) is 3. The fourth-order valence-corrected chi connectivity index (χ4v) is 3.07. The molecule has 1 aromatic rings. The molecular weight excluding hydrogens is 276 g/mol. The Morgan fingerprint density at radius 2 is 2.00 bits per heavy atom. The molecule has 1 saturated heterocycles. The smallest absolute Gasteiger partial charge is 0.410 e. The highest BCUT2D eigenvalue weighted by atomic mass is 16.6. The molecular formula is C18H28N2O2. The second-order valence-corrected chi connectivity index (χ2v) is 5.98. The third-order valence-electron chi connectivity index (χ3n) is 4.57. The molecule has 0 N–H and O–H groups in total. The van der Waals surface area contributed by atoms with Crippen LogP contribution in [-0.4, -0.2) is 48.6 Å². The van der Waals surface area contributed by atoms with Crippen LogP contribution in [0.2, 0.25) is 0 Å². The van der Waals surface area contributed by atoms with Gasteiger partial charge in [-0.15, -0.1) is 0 Å². The molecule has 0 radical (unpaired) electrons.